The third kappa shape index (κ3) is 5.75. The molecule has 1 aromatic heterocycles. The van der Waals surface area contributed by atoms with Crippen molar-refractivity contribution < 1.29 is 27.4 Å². The van der Waals surface area contributed by atoms with Gasteiger partial charge >= 0.3 is 5.97 Å². The van der Waals surface area contributed by atoms with E-state index in [1.54, 1.807) is 49.4 Å². The largest absolute Gasteiger partial charge is 0.479 e. The maximum Gasteiger partial charge on any atom is 0.346 e. The molecule has 0 radical (unpaired) electrons. The second-order valence-corrected chi connectivity index (χ2v) is 9.66. The Kier molecular flexibility index (Phi) is 7.13. The summed E-state index contributed by atoms with van der Waals surface area (Å²) in [4.78, 5) is 20.4. The van der Waals surface area contributed by atoms with Crippen molar-refractivity contribution in [3.63, 3.8) is 0 Å². The van der Waals surface area contributed by atoms with E-state index < -0.39 is 22.1 Å². The van der Waals surface area contributed by atoms with Gasteiger partial charge in [-0.1, -0.05) is 11.6 Å². The Morgan fingerprint density at radius 3 is 2.31 bits per heavy atom. The Labute approximate surface area is 212 Å². The summed E-state index contributed by atoms with van der Waals surface area (Å²) in [6.45, 7) is 1.56. The summed E-state index contributed by atoms with van der Waals surface area (Å²) in [5.41, 5.74) is 6.90. The average Bonchev–Trinajstić information content (AvgIpc) is 2.85. The van der Waals surface area contributed by atoms with Crippen molar-refractivity contribution in [2.45, 2.75) is 17.9 Å². The van der Waals surface area contributed by atoms with E-state index in [1.165, 1.54) is 31.4 Å². The van der Waals surface area contributed by atoms with Gasteiger partial charge in [0.2, 0.25) is 5.82 Å². The van der Waals surface area contributed by atoms with Crippen LogP contribution in [0.1, 0.15) is 6.92 Å². The lowest BCUT2D eigenvalue weighted by Crippen LogP contribution is -2.24. The predicted molar refractivity (Wildman–Crippen MR) is 135 cm³/mol. The number of esters is 1. The number of halogens is 1. The number of carbonyl (C=O) groups excluding carboxylic acids is 1. The molecule has 10 nitrogen and oxygen atoms in total. The smallest absolute Gasteiger partial charge is 0.346 e. The zero-order valence-corrected chi connectivity index (χ0v) is 20.7. The van der Waals surface area contributed by atoms with Crippen LogP contribution in [0.25, 0.3) is 11.0 Å². The quantitative estimate of drug-likeness (QED) is 0.251. The van der Waals surface area contributed by atoms with Crippen molar-refractivity contribution in [2.24, 2.45) is 0 Å². The third-order valence-electron chi connectivity index (χ3n) is 4.90. The van der Waals surface area contributed by atoms with Gasteiger partial charge in [0.05, 0.1) is 23.0 Å². The van der Waals surface area contributed by atoms with E-state index in [-0.39, 0.29) is 16.6 Å². The lowest BCUT2D eigenvalue weighted by atomic mass is 10.3. The molecule has 0 aliphatic carbocycles. The summed E-state index contributed by atoms with van der Waals surface area (Å²) in [7, 11) is -2.76. The lowest BCUT2D eigenvalue weighted by molar-refractivity contribution is -0.147. The summed E-state index contributed by atoms with van der Waals surface area (Å²) in [6.07, 6.45) is -0.799. The summed E-state index contributed by atoms with van der Waals surface area (Å²) in [5.74, 6) is -0.0160. The molecule has 0 aliphatic rings. The Bertz CT molecular complexity index is 1510. The summed E-state index contributed by atoms with van der Waals surface area (Å²) >= 11 is 6.08. The van der Waals surface area contributed by atoms with Crippen LogP contribution < -0.4 is 19.9 Å². The standard InChI is InChI=1S/C24H21ClN4O6S/c1-14(24(30)33-2)34-17-6-8-18(9-7-17)35-23-22(27-20-12-3-15(25)13-21(20)28-23)29-36(31,32)19-10-4-16(26)5-11-19/h3-14H,26H2,1-2H3,(H,27,29). The van der Waals surface area contributed by atoms with Crippen molar-refractivity contribution in [3.8, 4) is 17.4 Å². The minimum Gasteiger partial charge on any atom is -0.479 e. The van der Waals surface area contributed by atoms with Gasteiger partial charge < -0.3 is 19.9 Å². The van der Waals surface area contributed by atoms with E-state index in [4.69, 9.17) is 26.8 Å². The fraction of sp³-hybridized carbons (Fsp3) is 0.125. The van der Waals surface area contributed by atoms with Gasteiger partial charge in [0.15, 0.2) is 6.10 Å². The van der Waals surface area contributed by atoms with Crippen molar-refractivity contribution in [1.82, 2.24) is 9.97 Å². The summed E-state index contributed by atoms with van der Waals surface area (Å²) in [5, 5.41) is 0.430. The van der Waals surface area contributed by atoms with Crippen molar-refractivity contribution in [2.75, 3.05) is 17.6 Å². The molecule has 12 heteroatoms. The number of aromatic nitrogens is 2. The number of anilines is 2. The number of hydrogen-bond acceptors (Lipinski definition) is 9. The van der Waals surface area contributed by atoms with E-state index in [0.29, 0.717) is 33.2 Å². The number of ether oxygens (including phenoxy) is 3. The summed E-state index contributed by atoms with van der Waals surface area (Å²) in [6, 6.07) is 16.8. The first-order valence-corrected chi connectivity index (χ1v) is 12.4. The van der Waals surface area contributed by atoms with Crippen LogP contribution in [-0.4, -0.2) is 37.6 Å². The number of methoxy groups -OCH3 is 1. The maximum absolute atomic E-state index is 13.0. The number of rotatable bonds is 8. The van der Waals surface area contributed by atoms with Gasteiger partial charge in [0, 0.05) is 10.7 Å². The molecule has 3 aromatic carbocycles. The van der Waals surface area contributed by atoms with Crippen LogP contribution in [-0.2, 0) is 19.6 Å². The van der Waals surface area contributed by atoms with Crippen LogP contribution in [0.5, 0.6) is 17.4 Å². The summed E-state index contributed by atoms with van der Waals surface area (Å²) < 4.78 is 44.4. The van der Waals surface area contributed by atoms with E-state index in [9.17, 15) is 13.2 Å². The van der Waals surface area contributed by atoms with Gasteiger partial charge in [0.25, 0.3) is 15.9 Å². The molecule has 4 aromatic rings. The fourth-order valence-corrected chi connectivity index (χ4v) is 4.26. The molecule has 0 aliphatic heterocycles. The zero-order chi connectivity index (χ0) is 25.9. The highest BCUT2D eigenvalue weighted by Gasteiger charge is 2.21. The van der Waals surface area contributed by atoms with Gasteiger partial charge in [-0.2, -0.15) is 0 Å². The third-order valence-corrected chi connectivity index (χ3v) is 6.49. The minimum absolute atomic E-state index is 0.0121. The molecule has 36 heavy (non-hydrogen) atoms. The number of nitrogens with one attached hydrogen (secondary N) is 1. The second-order valence-electron chi connectivity index (χ2n) is 7.54. The number of benzene rings is 3. The number of carbonyl (C=O) groups is 1. The number of nitrogens with zero attached hydrogens (tertiary/aromatic N) is 2. The number of hydrogen-bond donors (Lipinski definition) is 2. The predicted octanol–water partition coefficient (Wildman–Crippen LogP) is 4.40. The molecule has 0 bridgehead atoms. The van der Waals surface area contributed by atoms with Crippen molar-refractivity contribution in [1.29, 1.82) is 0 Å². The lowest BCUT2D eigenvalue weighted by Gasteiger charge is -2.14. The van der Waals surface area contributed by atoms with Crippen LogP contribution in [0.15, 0.2) is 71.6 Å². The topological polar surface area (TPSA) is 143 Å². The highest BCUT2D eigenvalue weighted by molar-refractivity contribution is 7.92. The average molecular weight is 529 g/mol. The van der Waals surface area contributed by atoms with Crippen molar-refractivity contribution >= 4 is 50.1 Å². The Morgan fingerprint density at radius 1 is 0.972 bits per heavy atom. The monoisotopic (exact) mass is 528 g/mol. The Morgan fingerprint density at radius 2 is 1.64 bits per heavy atom. The van der Waals surface area contributed by atoms with E-state index in [1.807, 2.05) is 0 Å². The first-order chi connectivity index (χ1) is 17.1. The van der Waals surface area contributed by atoms with Crippen LogP contribution in [0.4, 0.5) is 11.5 Å². The fourth-order valence-electron chi connectivity index (χ4n) is 3.10. The highest BCUT2D eigenvalue weighted by Crippen LogP contribution is 2.32. The minimum atomic E-state index is -4.03. The maximum atomic E-state index is 13.0. The van der Waals surface area contributed by atoms with Crippen LogP contribution >= 0.6 is 11.6 Å². The van der Waals surface area contributed by atoms with Gasteiger partial charge in [0.1, 0.15) is 11.5 Å². The molecule has 1 unspecified atom stereocenters. The molecular formula is C24H21ClN4O6S. The first-order valence-electron chi connectivity index (χ1n) is 10.5. The van der Waals surface area contributed by atoms with Gasteiger partial charge in [-0.05, 0) is 73.7 Å². The van der Waals surface area contributed by atoms with Gasteiger partial charge in [-0.15, -0.1) is 0 Å². The molecule has 0 amide bonds. The number of nitrogen functional groups attached to an aromatic ring is 1. The van der Waals surface area contributed by atoms with E-state index in [2.05, 4.69) is 19.4 Å². The first kappa shape index (κ1) is 25.0. The Balaban J connectivity index is 1.66. The van der Waals surface area contributed by atoms with E-state index >= 15 is 0 Å². The molecule has 0 fully saturated rings. The normalized spacial score (nSPS) is 12.1. The molecule has 0 spiro atoms. The molecule has 3 N–H and O–H groups in total. The number of nitrogens with two attached hydrogens (primary N) is 1. The Hall–Kier alpha value is -4.09. The zero-order valence-electron chi connectivity index (χ0n) is 19.1. The molecule has 0 saturated heterocycles. The molecule has 1 atom stereocenters. The van der Waals surface area contributed by atoms with Gasteiger partial charge in [-0.3, -0.25) is 4.72 Å². The van der Waals surface area contributed by atoms with E-state index in [0.717, 1.165) is 0 Å². The van der Waals surface area contributed by atoms with Crippen LogP contribution in [0, 0.1) is 0 Å². The number of fused-ring (bicyclic) bond motifs is 1. The highest BCUT2D eigenvalue weighted by atomic mass is 35.5. The van der Waals surface area contributed by atoms with Crippen LogP contribution in [0.2, 0.25) is 5.02 Å². The second kappa shape index (κ2) is 10.3. The molecule has 4 rings (SSSR count). The molecule has 0 saturated carbocycles. The number of sulfonamides is 1. The molecule has 186 valence electrons. The molecule has 1 heterocycles. The van der Waals surface area contributed by atoms with Crippen LogP contribution in [0.3, 0.4) is 0 Å². The molecular weight excluding hydrogens is 508 g/mol. The van der Waals surface area contributed by atoms with Gasteiger partial charge in [-0.25, -0.2) is 23.2 Å². The van der Waals surface area contributed by atoms with Crippen molar-refractivity contribution in [3.05, 3.63) is 71.8 Å². The SMILES string of the molecule is COC(=O)C(C)Oc1ccc(Oc2nc3cc(Cl)ccc3nc2NS(=O)(=O)c2ccc(N)cc2)cc1.